The molecule has 1 atom stereocenters. The van der Waals surface area contributed by atoms with Gasteiger partial charge in [0, 0.05) is 42.5 Å². The Balaban J connectivity index is 1.80. The van der Waals surface area contributed by atoms with E-state index in [1.165, 1.54) is 0 Å². The number of pyridine rings is 1. The van der Waals surface area contributed by atoms with Crippen LogP contribution in [0.5, 0.6) is 0 Å². The smallest absolute Gasteiger partial charge is 0.263 e. The van der Waals surface area contributed by atoms with Crippen LogP contribution in [0.2, 0.25) is 0 Å². The summed E-state index contributed by atoms with van der Waals surface area (Å²) in [5, 5.41) is 3.13. The van der Waals surface area contributed by atoms with Gasteiger partial charge in [0.25, 0.3) is 5.91 Å². The third-order valence-electron chi connectivity index (χ3n) is 4.62. The van der Waals surface area contributed by atoms with E-state index in [2.05, 4.69) is 41.1 Å². The second-order valence-electron chi connectivity index (χ2n) is 6.23. The van der Waals surface area contributed by atoms with Gasteiger partial charge in [-0.15, -0.1) is 0 Å². The van der Waals surface area contributed by atoms with Gasteiger partial charge < -0.3 is 15.1 Å². The minimum atomic E-state index is -0.0765. The Hall–Kier alpha value is -2.22. The summed E-state index contributed by atoms with van der Waals surface area (Å²) in [5.41, 5.74) is 1.33. The van der Waals surface area contributed by atoms with Crippen LogP contribution in [0.1, 0.15) is 30.1 Å². The molecule has 7 nitrogen and oxygen atoms in total. The maximum Gasteiger partial charge on any atom is 0.263 e. The third-order valence-corrected chi connectivity index (χ3v) is 5.06. The lowest BCUT2D eigenvalue weighted by Crippen LogP contribution is -2.39. The average molecular weight is 403 g/mol. The molecule has 130 valence electrons. The first-order valence-corrected chi connectivity index (χ1v) is 9.26. The third kappa shape index (κ3) is 2.95. The molecule has 1 fully saturated rings. The van der Waals surface area contributed by atoms with Crippen LogP contribution in [-0.2, 0) is 0 Å². The molecule has 2 aliphatic heterocycles. The maximum absolute atomic E-state index is 13.2. The van der Waals surface area contributed by atoms with E-state index in [-0.39, 0.29) is 11.9 Å². The molecule has 0 aromatic carbocycles. The minimum Gasteiger partial charge on any atom is -0.354 e. The Morgan fingerprint density at radius 3 is 3.04 bits per heavy atom. The van der Waals surface area contributed by atoms with Gasteiger partial charge in [-0.05, 0) is 41.8 Å². The zero-order valence-electron chi connectivity index (χ0n) is 13.9. The van der Waals surface area contributed by atoms with Gasteiger partial charge in [-0.1, -0.05) is 0 Å². The number of hydrogen-bond acceptors (Lipinski definition) is 6. The lowest BCUT2D eigenvalue weighted by atomic mass is 10.2. The topological polar surface area (TPSA) is 74.2 Å². The van der Waals surface area contributed by atoms with E-state index in [1.807, 2.05) is 13.0 Å². The van der Waals surface area contributed by atoms with Crippen LogP contribution in [0.25, 0.3) is 0 Å². The molecule has 0 unspecified atom stereocenters. The Morgan fingerprint density at radius 1 is 1.36 bits per heavy atom. The standard InChI is InChI=1S/C17H19BrN6O/c1-2-20-17-21-9-14-15(22-17)23-5-3-4-12(23)10-24(16(14)25)13-6-11(18)7-19-8-13/h6-9,12H,2-5,10H2,1H3,(H,20,21,22)/t12-/m0/s1. The van der Waals surface area contributed by atoms with Crippen LogP contribution in [0, 0.1) is 0 Å². The van der Waals surface area contributed by atoms with Crippen LogP contribution < -0.4 is 15.1 Å². The number of nitrogens with one attached hydrogen (secondary N) is 1. The number of amides is 1. The number of fused-ring (bicyclic) bond motifs is 3. The molecule has 1 saturated heterocycles. The molecule has 25 heavy (non-hydrogen) atoms. The number of nitrogens with zero attached hydrogens (tertiary/aromatic N) is 5. The van der Waals surface area contributed by atoms with Gasteiger partial charge in [0.05, 0.1) is 11.9 Å². The van der Waals surface area contributed by atoms with Crippen molar-refractivity contribution in [3.8, 4) is 0 Å². The minimum absolute atomic E-state index is 0.0765. The van der Waals surface area contributed by atoms with Crippen molar-refractivity contribution in [2.24, 2.45) is 0 Å². The van der Waals surface area contributed by atoms with E-state index in [0.29, 0.717) is 18.1 Å². The van der Waals surface area contributed by atoms with Crippen molar-refractivity contribution < 1.29 is 4.79 Å². The second kappa shape index (κ2) is 6.59. The first kappa shape index (κ1) is 16.3. The van der Waals surface area contributed by atoms with E-state index in [0.717, 1.165) is 41.9 Å². The summed E-state index contributed by atoms with van der Waals surface area (Å²) in [7, 11) is 0. The molecule has 8 heteroatoms. The molecule has 2 aliphatic rings. The summed E-state index contributed by atoms with van der Waals surface area (Å²) in [4.78, 5) is 30.4. The molecule has 1 N–H and O–H groups in total. The van der Waals surface area contributed by atoms with Crippen LogP contribution in [0.3, 0.4) is 0 Å². The second-order valence-corrected chi connectivity index (χ2v) is 7.14. The van der Waals surface area contributed by atoms with E-state index in [1.54, 1.807) is 23.5 Å². The summed E-state index contributed by atoms with van der Waals surface area (Å²) in [6.45, 7) is 4.29. The van der Waals surface area contributed by atoms with Crippen molar-refractivity contribution in [1.29, 1.82) is 0 Å². The monoisotopic (exact) mass is 402 g/mol. The lowest BCUT2D eigenvalue weighted by Gasteiger charge is -2.26. The van der Waals surface area contributed by atoms with Gasteiger partial charge in [0.2, 0.25) is 5.95 Å². The van der Waals surface area contributed by atoms with Crippen molar-refractivity contribution in [1.82, 2.24) is 15.0 Å². The highest BCUT2D eigenvalue weighted by molar-refractivity contribution is 9.10. The zero-order chi connectivity index (χ0) is 17.4. The largest absolute Gasteiger partial charge is 0.354 e. The van der Waals surface area contributed by atoms with Crippen molar-refractivity contribution in [2.75, 3.05) is 34.8 Å². The molecular weight excluding hydrogens is 384 g/mol. The summed E-state index contributed by atoms with van der Waals surface area (Å²) in [6, 6.07) is 2.18. The number of aromatic nitrogens is 3. The van der Waals surface area contributed by atoms with Crippen LogP contribution in [0.4, 0.5) is 17.5 Å². The normalized spacial score (nSPS) is 19.4. The van der Waals surface area contributed by atoms with E-state index >= 15 is 0 Å². The summed E-state index contributed by atoms with van der Waals surface area (Å²) < 4.78 is 0.851. The van der Waals surface area contributed by atoms with E-state index < -0.39 is 0 Å². The summed E-state index contributed by atoms with van der Waals surface area (Å²) in [6.07, 6.45) is 7.23. The first-order chi connectivity index (χ1) is 12.2. The lowest BCUT2D eigenvalue weighted by molar-refractivity contribution is 0.0988. The Labute approximate surface area is 154 Å². The van der Waals surface area contributed by atoms with Crippen molar-refractivity contribution >= 4 is 39.3 Å². The molecule has 4 heterocycles. The van der Waals surface area contributed by atoms with Crippen molar-refractivity contribution in [2.45, 2.75) is 25.8 Å². The molecule has 4 rings (SSSR count). The number of halogens is 1. The quantitative estimate of drug-likeness (QED) is 0.850. The molecule has 0 bridgehead atoms. The Kier molecular flexibility index (Phi) is 4.29. The maximum atomic E-state index is 13.2. The van der Waals surface area contributed by atoms with Gasteiger partial charge in [-0.3, -0.25) is 9.78 Å². The van der Waals surface area contributed by atoms with Crippen molar-refractivity contribution in [3.63, 3.8) is 0 Å². The highest BCUT2D eigenvalue weighted by atomic mass is 79.9. The SMILES string of the molecule is CCNc1ncc2c(n1)N1CCC[C@H]1CN(c1cncc(Br)c1)C2=O. The fourth-order valence-corrected chi connectivity index (χ4v) is 3.85. The molecule has 0 saturated carbocycles. The number of carbonyl (C=O) groups is 1. The summed E-state index contributed by atoms with van der Waals surface area (Å²) >= 11 is 3.44. The van der Waals surface area contributed by atoms with Gasteiger partial charge in [0.15, 0.2) is 0 Å². The van der Waals surface area contributed by atoms with E-state index in [4.69, 9.17) is 0 Å². The zero-order valence-corrected chi connectivity index (χ0v) is 15.5. The highest BCUT2D eigenvalue weighted by Gasteiger charge is 2.37. The molecule has 2 aromatic heterocycles. The molecule has 0 spiro atoms. The molecule has 0 radical (unpaired) electrons. The average Bonchev–Trinajstić information content (AvgIpc) is 3.03. The van der Waals surface area contributed by atoms with E-state index in [9.17, 15) is 4.79 Å². The van der Waals surface area contributed by atoms with Gasteiger partial charge in [0.1, 0.15) is 11.4 Å². The summed E-state index contributed by atoms with van der Waals surface area (Å²) in [5.74, 6) is 1.23. The van der Waals surface area contributed by atoms with Crippen LogP contribution >= 0.6 is 15.9 Å². The highest BCUT2D eigenvalue weighted by Crippen LogP contribution is 2.34. The fourth-order valence-electron chi connectivity index (χ4n) is 3.50. The number of carbonyl (C=O) groups excluding carboxylic acids is 1. The van der Waals surface area contributed by atoms with Crippen molar-refractivity contribution in [3.05, 3.63) is 34.7 Å². The number of hydrogen-bond donors (Lipinski definition) is 1. The number of anilines is 3. The fraction of sp³-hybridized carbons (Fsp3) is 0.412. The first-order valence-electron chi connectivity index (χ1n) is 8.47. The Bertz CT molecular complexity index is 813. The molecule has 2 aromatic rings. The molecule has 0 aliphatic carbocycles. The van der Waals surface area contributed by atoms with Gasteiger partial charge in [-0.2, -0.15) is 4.98 Å². The predicted octanol–water partition coefficient (Wildman–Crippen LogP) is 2.70. The van der Waals surface area contributed by atoms with Gasteiger partial charge in [-0.25, -0.2) is 4.98 Å². The number of rotatable bonds is 3. The molecular formula is C17H19BrN6O. The van der Waals surface area contributed by atoms with Crippen LogP contribution in [0.15, 0.2) is 29.1 Å². The Morgan fingerprint density at radius 2 is 2.24 bits per heavy atom. The van der Waals surface area contributed by atoms with Crippen LogP contribution in [-0.4, -0.2) is 46.5 Å². The van der Waals surface area contributed by atoms with Gasteiger partial charge >= 0.3 is 0 Å². The molecule has 1 amide bonds. The predicted molar refractivity (Wildman–Crippen MR) is 100 cm³/mol.